The van der Waals surface area contributed by atoms with Crippen molar-refractivity contribution in [2.24, 2.45) is 5.92 Å². The first-order valence-electron chi connectivity index (χ1n) is 16.7. The zero-order valence-electron chi connectivity index (χ0n) is 27.6. The Labute approximate surface area is 289 Å². The van der Waals surface area contributed by atoms with Crippen LogP contribution >= 0.6 is 22.7 Å². The van der Waals surface area contributed by atoms with Crippen LogP contribution in [0.5, 0.6) is 0 Å². The van der Waals surface area contributed by atoms with E-state index in [9.17, 15) is 19.2 Å². The highest BCUT2D eigenvalue weighted by molar-refractivity contribution is 7.10. The fourth-order valence-corrected chi connectivity index (χ4v) is 7.46. The molecule has 3 N–H and O–H groups in total. The van der Waals surface area contributed by atoms with Crippen LogP contribution in [-0.4, -0.2) is 95.9 Å². The van der Waals surface area contributed by atoms with Crippen molar-refractivity contribution in [3.05, 3.63) is 68.1 Å². The van der Waals surface area contributed by atoms with Gasteiger partial charge in [-0.3, -0.25) is 24.1 Å². The van der Waals surface area contributed by atoms with Crippen LogP contribution in [0, 0.1) is 5.92 Å². The average molecular weight is 696 g/mol. The number of thiazole rings is 2. The molecule has 258 valence electrons. The summed E-state index contributed by atoms with van der Waals surface area (Å²) in [5.74, 6) is -0.494. The fourth-order valence-electron chi connectivity index (χ4n) is 5.75. The number of fused-ring (bicyclic) bond motifs is 4. The van der Waals surface area contributed by atoms with Gasteiger partial charge in [0.2, 0.25) is 11.8 Å². The van der Waals surface area contributed by atoms with Crippen molar-refractivity contribution >= 4 is 46.3 Å². The zero-order valence-corrected chi connectivity index (χ0v) is 29.2. The summed E-state index contributed by atoms with van der Waals surface area (Å²) in [6.07, 6.45) is 2.46. The first-order valence-corrected chi connectivity index (χ1v) is 18.4. The monoisotopic (exact) mass is 695 g/mol. The van der Waals surface area contributed by atoms with Gasteiger partial charge in [-0.15, -0.1) is 22.7 Å². The summed E-state index contributed by atoms with van der Waals surface area (Å²) in [7, 11) is 0. The number of aromatic nitrogens is 2. The highest BCUT2D eigenvalue weighted by atomic mass is 32.1. The Morgan fingerprint density at radius 2 is 1.56 bits per heavy atom. The number of nitrogens with one attached hydrogen (secondary N) is 3. The molecule has 0 radical (unpaired) electrons. The molecular weight excluding hydrogens is 651 g/mol. The van der Waals surface area contributed by atoms with E-state index in [2.05, 4.69) is 44.7 Å². The molecule has 0 spiro atoms. The molecule has 2 aromatic heterocycles. The number of benzene rings is 1. The van der Waals surface area contributed by atoms with E-state index in [1.807, 2.05) is 30.3 Å². The molecule has 0 aliphatic carbocycles. The van der Waals surface area contributed by atoms with Crippen molar-refractivity contribution in [2.75, 3.05) is 52.5 Å². The maximum absolute atomic E-state index is 13.5. The van der Waals surface area contributed by atoms with Crippen molar-refractivity contribution < 1.29 is 23.9 Å². The Morgan fingerprint density at radius 1 is 0.896 bits per heavy atom. The van der Waals surface area contributed by atoms with Gasteiger partial charge in [0, 0.05) is 49.9 Å². The Bertz CT molecular complexity index is 1520. The Kier molecular flexibility index (Phi) is 13.1. The van der Waals surface area contributed by atoms with Crippen LogP contribution < -0.4 is 16.0 Å². The first-order chi connectivity index (χ1) is 23.2. The zero-order chi connectivity index (χ0) is 33.9. The summed E-state index contributed by atoms with van der Waals surface area (Å²) in [6, 6.07) is 8.98. The lowest BCUT2D eigenvalue weighted by molar-refractivity contribution is -0.134. The molecule has 2 atom stereocenters. The lowest BCUT2D eigenvalue weighted by Gasteiger charge is -2.30. The summed E-state index contributed by atoms with van der Waals surface area (Å²) >= 11 is 2.67. The van der Waals surface area contributed by atoms with Crippen LogP contribution in [0.4, 0.5) is 0 Å². The molecule has 12 nitrogen and oxygen atoms in total. The molecule has 3 aromatic rings. The number of hydrogen-bond acceptors (Lipinski definition) is 10. The Morgan fingerprint density at radius 3 is 2.27 bits per heavy atom. The second kappa shape index (κ2) is 17.6. The molecule has 14 heteroatoms. The summed E-state index contributed by atoms with van der Waals surface area (Å²) < 4.78 is 5.43. The van der Waals surface area contributed by atoms with Crippen LogP contribution in [0.3, 0.4) is 0 Å². The van der Waals surface area contributed by atoms with Crippen LogP contribution in [-0.2, 0) is 20.7 Å². The lowest BCUT2D eigenvalue weighted by atomic mass is 10.0. The number of rotatable bonds is 6. The van der Waals surface area contributed by atoms with E-state index >= 15 is 0 Å². The minimum absolute atomic E-state index is 0.000735. The van der Waals surface area contributed by atoms with Crippen LogP contribution in [0.2, 0.25) is 0 Å². The number of nitrogens with zero attached hydrogens (tertiary/aromatic N) is 4. The fraction of sp³-hybridized carbons (Fsp3) is 0.529. The van der Waals surface area contributed by atoms with Gasteiger partial charge >= 0.3 is 0 Å². The van der Waals surface area contributed by atoms with Gasteiger partial charge in [0.25, 0.3) is 11.8 Å². The summed E-state index contributed by atoms with van der Waals surface area (Å²) in [6.45, 7) is 8.33. The number of carbonyl (C=O) groups excluding carboxylic acids is 4. The van der Waals surface area contributed by atoms with E-state index in [0.717, 1.165) is 5.56 Å². The third kappa shape index (κ3) is 10.4. The normalized spacial score (nSPS) is 20.8. The molecule has 1 saturated heterocycles. The molecule has 1 aromatic carbocycles. The van der Waals surface area contributed by atoms with E-state index in [4.69, 9.17) is 4.74 Å². The summed E-state index contributed by atoms with van der Waals surface area (Å²) in [5.41, 5.74) is 1.57. The van der Waals surface area contributed by atoms with E-state index in [-0.39, 0.29) is 53.4 Å². The smallest absolute Gasteiger partial charge is 0.271 e. The molecule has 1 fully saturated rings. The number of ether oxygens (including phenoxy) is 1. The van der Waals surface area contributed by atoms with Gasteiger partial charge in [-0.05, 0) is 37.2 Å². The van der Waals surface area contributed by atoms with Gasteiger partial charge in [0.1, 0.15) is 21.4 Å². The predicted octanol–water partition coefficient (Wildman–Crippen LogP) is 3.59. The maximum atomic E-state index is 13.5. The van der Waals surface area contributed by atoms with E-state index in [1.54, 1.807) is 15.7 Å². The largest absolute Gasteiger partial charge is 0.379 e. The first kappa shape index (κ1) is 35.6. The number of amides is 4. The molecule has 4 bridgehead atoms. The van der Waals surface area contributed by atoms with Crippen LogP contribution in [0.25, 0.3) is 0 Å². The molecule has 48 heavy (non-hydrogen) atoms. The highest BCUT2D eigenvalue weighted by Gasteiger charge is 2.26. The molecule has 0 unspecified atom stereocenters. The molecule has 5 rings (SSSR count). The van der Waals surface area contributed by atoms with Gasteiger partial charge in [-0.25, -0.2) is 9.97 Å². The van der Waals surface area contributed by atoms with Crippen molar-refractivity contribution in [1.82, 2.24) is 35.7 Å². The van der Waals surface area contributed by atoms with E-state index < -0.39 is 6.04 Å². The number of hydrogen-bond donors (Lipinski definition) is 3. The summed E-state index contributed by atoms with van der Waals surface area (Å²) in [4.78, 5) is 66.3. The van der Waals surface area contributed by atoms with E-state index in [1.165, 1.54) is 22.7 Å². The van der Waals surface area contributed by atoms with Gasteiger partial charge in [-0.2, -0.15) is 0 Å². The minimum Gasteiger partial charge on any atom is -0.379 e. The Hall–Kier alpha value is -3.72. The van der Waals surface area contributed by atoms with Crippen LogP contribution in [0.15, 0.2) is 41.1 Å². The average Bonchev–Trinajstić information content (AvgIpc) is 3.77. The van der Waals surface area contributed by atoms with Gasteiger partial charge in [-0.1, -0.05) is 44.2 Å². The molecule has 4 amide bonds. The van der Waals surface area contributed by atoms with Crippen molar-refractivity contribution in [3.8, 4) is 0 Å². The topological polar surface area (TPSA) is 146 Å². The third-order valence-electron chi connectivity index (χ3n) is 8.27. The second-order valence-electron chi connectivity index (χ2n) is 12.6. The quantitative estimate of drug-likeness (QED) is 0.355. The number of carbonyl (C=O) groups is 4. The summed E-state index contributed by atoms with van der Waals surface area (Å²) in [5, 5.41) is 13.9. The van der Waals surface area contributed by atoms with Gasteiger partial charge in [0.05, 0.1) is 31.8 Å². The lowest BCUT2D eigenvalue weighted by Crippen LogP contribution is -2.45. The standard InChI is InChI=1S/C34H45N7O5S2/c1-23(2)18-25-33-39-28(22-48-33)32(45)37-26(19-24-8-4-3-5-9-24)34-38-27(21-47-34)31(44)35-11-7-13-41(12-6-10-29(42)36-25)30(43)20-40-14-16-46-17-15-40/h3-5,8-9,21-23,25-26H,6-7,10-20H2,1-2H3,(H,35,44)(H,36,42)(H,37,45)/t25-,26-/m0/s1. The third-order valence-corrected chi connectivity index (χ3v) is 10.2. The van der Waals surface area contributed by atoms with Crippen molar-refractivity contribution in [1.29, 1.82) is 0 Å². The predicted molar refractivity (Wildman–Crippen MR) is 185 cm³/mol. The van der Waals surface area contributed by atoms with Crippen molar-refractivity contribution in [3.63, 3.8) is 0 Å². The van der Waals surface area contributed by atoms with Gasteiger partial charge < -0.3 is 25.6 Å². The molecule has 4 heterocycles. The molecule has 2 aliphatic rings. The van der Waals surface area contributed by atoms with Gasteiger partial charge in [0.15, 0.2) is 0 Å². The van der Waals surface area contributed by atoms with Crippen molar-refractivity contribution in [2.45, 2.75) is 58.0 Å². The highest BCUT2D eigenvalue weighted by Crippen LogP contribution is 2.27. The van der Waals surface area contributed by atoms with Crippen LogP contribution in [0.1, 0.15) is 88.2 Å². The number of morpholine rings is 1. The molecule has 0 saturated carbocycles. The SMILES string of the molecule is CC(C)C[C@@H]1NC(=O)CCCN(C(=O)CN2CCOCC2)CCCNC(=O)c2csc(n2)[C@H](Cc2ccccc2)NC(=O)c2csc1n2. The van der Waals surface area contributed by atoms with E-state index in [0.29, 0.717) is 88.2 Å². The second-order valence-corrected chi connectivity index (χ2v) is 14.4. The molecule has 2 aliphatic heterocycles. The maximum Gasteiger partial charge on any atom is 0.271 e. The minimum atomic E-state index is -0.483. The molecular formula is C34H45N7O5S2. The Balaban J connectivity index is 1.37.